The lowest BCUT2D eigenvalue weighted by molar-refractivity contribution is -0.124. The maximum absolute atomic E-state index is 11.2. The third kappa shape index (κ3) is 2.54. The molecule has 0 unspecified atom stereocenters. The number of nitrogens with one attached hydrogen (secondary N) is 1. The lowest BCUT2D eigenvalue weighted by atomic mass is 10.2. The van der Waals surface area contributed by atoms with E-state index in [1.54, 1.807) is 17.9 Å². The van der Waals surface area contributed by atoms with Crippen LogP contribution in [-0.4, -0.2) is 20.9 Å². The smallest absolute Gasteiger partial charge is 0.222 e. The van der Waals surface area contributed by atoms with Gasteiger partial charge < -0.3 is 5.32 Å². The largest absolute Gasteiger partial charge is 0.350 e. The monoisotopic (exact) mass is 182 g/mol. The second-order valence-corrected chi connectivity index (χ2v) is 3.22. The Balaban J connectivity index is 2.44. The predicted octanol–water partition coefficient (Wildman–Crippen LogP) is 0.0873. The Kier molecular flexibility index (Phi) is 3.00. The lowest BCUT2D eigenvalue weighted by Crippen LogP contribution is -2.27. The molecule has 0 saturated carbocycles. The van der Waals surface area contributed by atoms with Gasteiger partial charge in [-0.1, -0.05) is 19.1 Å². The number of rotatable bonds is 3. The van der Waals surface area contributed by atoms with Gasteiger partial charge in [0, 0.05) is 13.0 Å². The minimum atomic E-state index is 0.0150. The third-order valence-electron chi connectivity index (χ3n) is 1.78. The summed E-state index contributed by atoms with van der Waals surface area (Å²) in [5, 5.41) is 10.2. The Hall–Kier alpha value is -1.39. The van der Waals surface area contributed by atoms with E-state index in [0.29, 0.717) is 6.54 Å². The molecule has 0 aliphatic heterocycles. The van der Waals surface area contributed by atoms with Crippen molar-refractivity contribution in [2.24, 2.45) is 13.0 Å². The zero-order chi connectivity index (χ0) is 9.84. The summed E-state index contributed by atoms with van der Waals surface area (Å²) >= 11 is 0. The molecule has 5 heteroatoms. The van der Waals surface area contributed by atoms with E-state index in [2.05, 4.69) is 15.6 Å². The molecule has 5 nitrogen and oxygen atoms in total. The number of hydrogen-bond acceptors (Lipinski definition) is 3. The van der Waals surface area contributed by atoms with E-state index in [4.69, 9.17) is 0 Å². The van der Waals surface area contributed by atoms with Crippen LogP contribution in [0, 0.1) is 5.92 Å². The predicted molar refractivity (Wildman–Crippen MR) is 47.7 cm³/mol. The quantitative estimate of drug-likeness (QED) is 0.720. The number of amides is 1. The summed E-state index contributed by atoms with van der Waals surface area (Å²) in [6, 6.07) is 0. The van der Waals surface area contributed by atoms with Gasteiger partial charge in [-0.05, 0) is 0 Å². The molecular formula is C8H14N4O. The standard InChI is InChI=1S/C8H14N4O/c1-6(2)8(13)9-4-7-5-10-11-12(7)3/h5-6H,4H2,1-3H3,(H,9,13). The third-order valence-corrected chi connectivity index (χ3v) is 1.78. The van der Waals surface area contributed by atoms with Crippen LogP contribution in [0.5, 0.6) is 0 Å². The fourth-order valence-electron chi connectivity index (χ4n) is 0.853. The van der Waals surface area contributed by atoms with E-state index in [9.17, 15) is 4.79 Å². The molecular weight excluding hydrogens is 168 g/mol. The minimum Gasteiger partial charge on any atom is -0.350 e. The highest BCUT2D eigenvalue weighted by Gasteiger charge is 2.07. The fourth-order valence-corrected chi connectivity index (χ4v) is 0.853. The maximum Gasteiger partial charge on any atom is 0.222 e. The Bertz CT molecular complexity index is 292. The lowest BCUT2D eigenvalue weighted by Gasteiger charge is -2.06. The Labute approximate surface area is 77.1 Å². The number of nitrogens with zero attached hydrogens (tertiary/aromatic N) is 3. The normalized spacial score (nSPS) is 10.5. The van der Waals surface area contributed by atoms with E-state index in [1.165, 1.54) is 0 Å². The van der Waals surface area contributed by atoms with Crippen molar-refractivity contribution >= 4 is 5.91 Å². The van der Waals surface area contributed by atoms with E-state index in [0.717, 1.165) is 5.69 Å². The summed E-state index contributed by atoms with van der Waals surface area (Å²) in [4.78, 5) is 11.2. The van der Waals surface area contributed by atoms with Gasteiger partial charge in [-0.15, -0.1) is 5.10 Å². The van der Waals surface area contributed by atoms with Crippen molar-refractivity contribution in [3.05, 3.63) is 11.9 Å². The van der Waals surface area contributed by atoms with Crippen molar-refractivity contribution < 1.29 is 4.79 Å². The Morgan fingerprint density at radius 3 is 2.85 bits per heavy atom. The molecule has 0 spiro atoms. The molecule has 1 heterocycles. The summed E-state index contributed by atoms with van der Waals surface area (Å²) in [5.74, 6) is 0.0578. The van der Waals surface area contributed by atoms with Crippen LogP contribution < -0.4 is 5.32 Å². The minimum absolute atomic E-state index is 0.0150. The van der Waals surface area contributed by atoms with Crippen LogP contribution in [-0.2, 0) is 18.4 Å². The van der Waals surface area contributed by atoms with Gasteiger partial charge in [-0.25, -0.2) is 0 Å². The molecule has 0 aliphatic rings. The summed E-state index contributed by atoms with van der Waals surface area (Å²) in [6.07, 6.45) is 1.64. The van der Waals surface area contributed by atoms with Crippen molar-refractivity contribution in [2.75, 3.05) is 0 Å². The van der Waals surface area contributed by atoms with Gasteiger partial charge in [0.05, 0.1) is 18.4 Å². The molecule has 13 heavy (non-hydrogen) atoms. The average Bonchev–Trinajstić information content (AvgIpc) is 2.47. The van der Waals surface area contributed by atoms with Crippen molar-refractivity contribution in [2.45, 2.75) is 20.4 Å². The molecule has 1 aromatic heterocycles. The number of hydrogen-bond donors (Lipinski definition) is 1. The van der Waals surface area contributed by atoms with Crippen molar-refractivity contribution in [3.8, 4) is 0 Å². The molecule has 0 saturated heterocycles. The first-order valence-electron chi connectivity index (χ1n) is 4.22. The summed E-state index contributed by atoms with van der Waals surface area (Å²) in [6.45, 7) is 4.20. The molecule has 72 valence electrons. The molecule has 1 rings (SSSR count). The molecule has 0 atom stereocenters. The number of aromatic nitrogens is 3. The topological polar surface area (TPSA) is 59.8 Å². The van der Waals surface area contributed by atoms with Crippen LogP contribution in [0.25, 0.3) is 0 Å². The van der Waals surface area contributed by atoms with Gasteiger partial charge in [0.15, 0.2) is 0 Å². The molecule has 0 fully saturated rings. The van der Waals surface area contributed by atoms with Crippen LogP contribution in [0.2, 0.25) is 0 Å². The summed E-state index contributed by atoms with van der Waals surface area (Å²) < 4.78 is 1.64. The molecule has 0 radical (unpaired) electrons. The molecule has 1 N–H and O–H groups in total. The van der Waals surface area contributed by atoms with Crippen LogP contribution in [0.15, 0.2) is 6.20 Å². The van der Waals surface area contributed by atoms with Gasteiger partial charge in [0.25, 0.3) is 0 Å². The van der Waals surface area contributed by atoms with Crippen molar-refractivity contribution in [1.82, 2.24) is 20.3 Å². The second-order valence-electron chi connectivity index (χ2n) is 3.22. The summed E-state index contributed by atoms with van der Waals surface area (Å²) in [7, 11) is 1.80. The highest BCUT2D eigenvalue weighted by Crippen LogP contribution is 1.95. The van der Waals surface area contributed by atoms with E-state index >= 15 is 0 Å². The van der Waals surface area contributed by atoms with E-state index in [-0.39, 0.29) is 11.8 Å². The van der Waals surface area contributed by atoms with Gasteiger partial charge in [-0.3, -0.25) is 9.48 Å². The van der Waals surface area contributed by atoms with Crippen LogP contribution in [0.4, 0.5) is 0 Å². The average molecular weight is 182 g/mol. The Morgan fingerprint density at radius 1 is 1.69 bits per heavy atom. The maximum atomic E-state index is 11.2. The first-order valence-corrected chi connectivity index (χ1v) is 4.22. The van der Waals surface area contributed by atoms with Crippen molar-refractivity contribution in [3.63, 3.8) is 0 Å². The van der Waals surface area contributed by atoms with Crippen molar-refractivity contribution in [1.29, 1.82) is 0 Å². The number of carbonyl (C=O) groups excluding carboxylic acids is 1. The Morgan fingerprint density at radius 2 is 2.38 bits per heavy atom. The number of aryl methyl sites for hydroxylation is 1. The molecule has 0 bridgehead atoms. The SMILES string of the molecule is CC(C)C(=O)NCc1cnnn1C. The fraction of sp³-hybridized carbons (Fsp3) is 0.625. The van der Waals surface area contributed by atoms with Crippen LogP contribution in [0.1, 0.15) is 19.5 Å². The van der Waals surface area contributed by atoms with Gasteiger partial charge in [0.1, 0.15) is 0 Å². The first-order chi connectivity index (χ1) is 6.11. The van der Waals surface area contributed by atoms with E-state index < -0.39 is 0 Å². The number of carbonyl (C=O) groups is 1. The molecule has 0 aromatic carbocycles. The first kappa shape index (κ1) is 9.70. The molecule has 1 amide bonds. The summed E-state index contributed by atoms with van der Waals surface area (Å²) in [5.41, 5.74) is 0.897. The van der Waals surface area contributed by atoms with E-state index in [1.807, 2.05) is 13.8 Å². The van der Waals surface area contributed by atoms with Gasteiger partial charge in [0.2, 0.25) is 5.91 Å². The zero-order valence-corrected chi connectivity index (χ0v) is 8.11. The highest BCUT2D eigenvalue weighted by molar-refractivity contribution is 5.77. The van der Waals surface area contributed by atoms with Gasteiger partial charge in [-0.2, -0.15) is 0 Å². The second kappa shape index (κ2) is 4.02. The zero-order valence-electron chi connectivity index (χ0n) is 8.11. The highest BCUT2D eigenvalue weighted by atomic mass is 16.1. The molecule has 0 aliphatic carbocycles. The molecule has 1 aromatic rings. The van der Waals surface area contributed by atoms with Gasteiger partial charge >= 0.3 is 0 Å². The van der Waals surface area contributed by atoms with Crippen LogP contribution >= 0.6 is 0 Å². The van der Waals surface area contributed by atoms with Crippen LogP contribution in [0.3, 0.4) is 0 Å².